The summed E-state index contributed by atoms with van der Waals surface area (Å²) >= 11 is 1.77. The van der Waals surface area contributed by atoms with Crippen LogP contribution in [-0.2, 0) is 14.9 Å². The molecule has 2 aliphatic heterocycles. The lowest BCUT2D eigenvalue weighted by atomic mass is 9.74. The quantitative estimate of drug-likeness (QED) is 0.785. The molecule has 140 valence electrons. The zero-order valence-electron chi connectivity index (χ0n) is 14.6. The molecule has 1 aromatic rings. The van der Waals surface area contributed by atoms with Crippen LogP contribution in [0.15, 0.2) is 24.3 Å². The topological polar surface area (TPSA) is 59.6 Å². The van der Waals surface area contributed by atoms with E-state index in [1.807, 2.05) is 19.1 Å². The average molecular weight is 387 g/mol. The first-order chi connectivity index (χ1) is 11.7. The van der Waals surface area contributed by atoms with Crippen molar-refractivity contribution in [3.63, 3.8) is 0 Å². The van der Waals surface area contributed by atoms with Gasteiger partial charge in [-0.2, -0.15) is 0 Å². The Balaban J connectivity index is 0.00000225. The molecular weight excluding hydrogens is 360 g/mol. The summed E-state index contributed by atoms with van der Waals surface area (Å²) in [6, 6.07) is 8.24. The average Bonchev–Trinajstić information content (AvgIpc) is 3.16. The molecular formula is C18H27ClN2O3S. The molecule has 1 aromatic carbocycles. The molecule has 0 aromatic heterocycles. The van der Waals surface area contributed by atoms with E-state index in [0.29, 0.717) is 13.2 Å². The molecule has 0 aliphatic carbocycles. The number of amides is 1. The summed E-state index contributed by atoms with van der Waals surface area (Å²) in [6.45, 7) is 4.78. The second-order valence-electron chi connectivity index (χ2n) is 6.34. The van der Waals surface area contributed by atoms with Crippen LogP contribution in [0.1, 0.15) is 25.3 Å². The molecule has 2 fully saturated rings. The van der Waals surface area contributed by atoms with Gasteiger partial charge in [0.15, 0.2) is 0 Å². The molecule has 1 atom stereocenters. The van der Waals surface area contributed by atoms with Gasteiger partial charge in [0.1, 0.15) is 5.75 Å². The van der Waals surface area contributed by atoms with Crippen molar-refractivity contribution in [3.8, 4) is 5.75 Å². The summed E-state index contributed by atoms with van der Waals surface area (Å²) in [7, 11) is 0. The number of carbonyl (C=O) groups is 1. The molecule has 7 heteroatoms. The summed E-state index contributed by atoms with van der Waals surface area (Å²) in [4.78, 5) is 12.4. The molecule has 2 heterocycles. The van der Waals surface area contributed by atoms with Gasteiger partial charge in [0.2, 0.25) is 5.91 Å². The Morgan fingerprint density at radius 2 is 2.08 bits per heavy atom. The molecule has 0 spiro atoms. The highest BCUT2D eigenvalue weighted by atomic mass is 35.5. The van der Waals surface area contributed by atoms with Crippen LogP contribution in [0.4, 0.5) is 0 Å². The molecule has 5 nitrogen and oxygen atoms in total. The second kappa shape index (κ2) is 9.67. The lowest BCUT2D eigenvalue weighted by Crippen LogP contribution is -2.49. The number of hydrogen-bond acceptors (Lipinski definition) is 5. The minimum atomic E-state index is -0.0628. The molecule has 1 amide bonds. The molecule has 2 N–H and O–H groups in total. The standard InChI is InChI=1S/C18H26N2O3S.ClH/c1-2-23-15-5-3-14(4-6-15)18(7-9-22-10-8-18)12-19-17(21)16-11-24-13-20-16;/h3-6,16,20H,2,7-13H2,1H3,(H,19,21);1H. The highest BCUT2D eigenvalue weighted by molar-refractivity contribution is 7.99. The van der Waals surface area contributed by atoms with Crippen LogP contribution in [0.2, 0.25) is 0 Å². The maximum Gasteiger partial charge on any atom is 0.238 e. The summed E-state index contributed by atoms with van der Waals surface area (Å²) in [5.41, 5.74) is 1.20. The molecule has 25 heavy (non-hydrogen) atoms. The third-order valence-corrected chi connectivity index (χ3v) is 5.80. The van der Waals surface area contributed by atoms with Crippen molar-refractivity contribution in [1.82, 2.24) is 10.6 Å². The Bertz CT molecular complexity index is 544. The number of carbonyl (C=O) groups excluding carboxylic acids is 1. The molecule has 0 radical (unpaired) electrons. The van der Waals surface area contributed by atoms with Crippen molar-refractivity contribution in [2.75, 3.05) is 38.0 Å². The fourth-order valence-corrected chi connectivity index (χ4v) is 4.29. The lowest BCUT2D eigenvalue weighted by Gasteiger charge is -2.38. The molecule has 0 bridgehead atoms. The largest absolute Gasteiger partial charge is 0.494 e. The second-order valence-corrected chi connectivity index (χ2v) is 7.37. The van der Waals surface area contributed by atoms with Crippen LogP contribution in [0.3, 0.4) is 0 Å². The van der Waals surface area contributed by atoms with E-state index in [1.54, 1.807) is 11.8 Å². The van der Waals surface area contributed by atoms with Gasteiger partial charge in [-0.25, -0.2) is 0 Å². The van der Waals surface area contributed by atoms with Gasteiger partial charge >= 0.3 is 0 Å². The minimum Gasteiger partial charge on any atom is -0.494 e. The number of rotatable bonds is 6. The number of halogens is 1. The van der Waals surface area contributed by atoms with Crippen molar-refractivity contribution < 1.29 is 14.3 Å². The van der Waals surface area contributed by atoms with E-state index in [9.17, 15) is 4.79 Å². The van der Waals surface area contributed by atoms with E-state index in [0.717, 1.165) is 43.4 Å². The normalized spacial score (nSPS) is 22.0. The van der Waals surface area contributed by atoms with Crippen LogP contribution in [0, 0.1) is 0 Å². The van der Waals surface area contributed by atoms with Crippen LogP contribution in [0.5, 0.6) is 5.75 Å². The fraction of sp³-hybridized carbons (Fsp3) is 0.611. The monoisotopic (exact) mass is 386 g/mol. The lowest BCUT2D eigenvalue weighted by molar-refractivity contribution is -0.122. The van der Waals surface area contributed by atoms with Crippen molar-refractivity contribution in [2.45, 2.75) is 31.2 Å². The van der Waals surface area contributed by atoms with Gasteiger partial charge in [-0.3, -0.25) is 10.1 Å². The van der Waals surface area contributed by atoms with Gasteiger partial charge in [-0.05, 0) is 37.5 Å². The van der Waals surface area contributed by atoms with Crippen LogP contribution < -0.4 is 15.4 Å². The third-order valence-electron chi connectivity index (χ3n) is 4.86. The van der Waals surface area contributed by atoms with E-state index in [1.165, 1.54) is 5.56 Å². The molecule has 0 saturated carbocycles. The number of hydrogen-bond donors (Lipinski definition) is 2. The molecule has 3 rings (SSSR count). The summed E-state index contributed by atoms with van der Waals surface area (Å²) in [5.74, 6) is 2.71. The van der Waals surface area contributed by atoms with Gasteiger partial charge in [-0.15, -0.1) is 24.2 Å². The van der Waals surface area contributed by atoms with Crippen molar-refractivity contribution in [2.24, 2.45) is 0 Å². The highest BCUT2D eigenvalue weighted by Crippen LogP contribution is 2.35. The number of nitrogens with one attached hydrogen (secondary N) is 2. The Kier molecular flexibility index (Phi) is 7.87. The fourth-order valence-electron chi connectivity index (χ4n) is 3.34. The predicted molar refractivity (Wildman–Crippen MR) is 104 cm³/mol. The van der Waals surface area contributed by atoms with Gasteiger partial charge in [0.25, 0.3) is 0 Å². The zero-order chi connectivity index (χ0) is 16.8. The van der Waals surface area contributed by atoms with E-state index >= 15 is 0 Å². The zero-order valence-corrected chi connectivity index (χ0v) is 16.2. The summed E-state index contributed by atoms with van der Waals surface area (Å²) in [6.07, 6.45) is 1.85. The Labute approximate surface area is 160 Å². The van der Waals surface area contributed by atoms with Crippen molar-refractivity contribution in [1.29, 1.82) is 0 Å². The SMILES string of the molecule is CCOc1ccc(C2(CNC(=O)C3CSCN3)CCOCC2)cc1.Cl. The van der Waals surface area contributed by atoms with E-state index in [-0.39, 0.29) is 29.8 Å². The maximum absolute atomic E-state index is 12.4. The first kappa shape index (κ1) is 20.4. The molecule has 1 unspecified atom stereocenters. The van der Waals surface area contributed by atoms with Crippen LogP contribution in [0.25, 0.3) is 0 Å². The summed E-state index contributed by atoms with van der Waals surface area (Å²) in [5, 5.41) is 6.40. The van der Waals surface area contributed by atoms with E-state index in [2.05, 4.69) is 22.8 Å². The Morgan fingerprint density at radius 1 is 1.36 bits per heavy atom. The maximum atomic E-state index is 12.4. The van der Waals surface area contributed by atoms with Crippen LogP contribution in [-0.4, -0.2) is 49.9 Å². The van der Waals surface area contributed by atoms with Crippen LogP contribution >= 0.6 is 24.2 Å². The minimum absolute atomic E-state index is 0. The van der Waals surface area contributed by atoms with Gasteiger partial charge in [0.05, 0.1) is 12.6 Å². The van der Waals surface area contributed by atoms with Crippen molar-refractivity contribution in [3.05, 3.63) is 29.8 Å². The van der Waals surface area contributed by atoms with Gasteiger partial charge < -0.3 is 14.8 Å². The van der Waals surface area contributed by atoms with Gasteiger partial charge in [-0.1, -0.05) is 12.1 Å². The van der Waals surface area contributed by atoms with Gasteiger partial charge in [0, 0.05) is 36.8 Å². The Morgan fingerprint density at radius 3 is 2.68 bits per heavy atom. The predicted octanol–water partition coefficient (Wildman–Crippen LogP) is 2.33. The van der Waals surface area contributed by atoms with Crippen molar-refractivity contribution >= 4 is 30.1 Å². The molecule has 2 saturated heterocycles. The Hall–Kier alpha value is -0.950. The highest BCUT2D eigenvalue weighted by Gasteiger charge is 2.35. The smallest absolute Gasteiger partial charge is 0.238 e. The van der Waals surface area contributed by atoms with E-state index < -0.39 is 0 Å². The first-order valence-electron chi connectivity index (χ1n) is 8.63. The first-order valence-corrected chi connectivity index (χ1v) is 9.79. The number of ether oxygens (including phenoxy) is 2. The molecule has 2 aliphatic rings. The van der Waals surface area contributed by atoms with E-state index in [4.69, 9.17) is 9.47 Å². The number of benzene rings is 1. The summed E-state index contributed by atoms with van der Waals surface area (Å²) < 4.78 is 11.1. The third kappa shape index (κ3) is 5.03. The number of thioether (sulfide) groups is 1.